The summed E-state index contributed by atoms with van der Waals surface area (Å²) in [6, 6.07) is 9.78. The average Bonchev–Trinajstić information content (AvgIpc) is 2.34. The summed E-state index contributed by atoms with van der Waals surface area (Å²) in [6.07, 6.45) is 0. The van der Waals surface area contributed by atoms with Crippen molar-refractivity contribution in [3.8, 4) is 5.75 Å². The van der Waals surface area contributed by atoms with Crippen LogP contribution in [0.25, 0.3) is 0 Å². The maximum Gasteiger partial charge on any atom is 0.145 e. The van der Waals surface area contributed by atoms with Crippen LogP contribution in [-0.2, 0) is 0 Å². The van der Waals surface area contributed by atoms with E-state index >= 15 is 0 Å². The SMILES string of the molecule is COc1cc(F)ccc1Nc1ccc(Br)cc1N. The second-order valence-corrected chi connectivity index (χ2v) is 4.62. The lowest BCUT2D eigenvalue weighted by Crippen LogP contribution is -1.98. The molecule has 0 amide bonds. The van der Waals surface area contributed by atoms with Gasteiger partial charge in [0, 0.05) is 10.5 Å². The number of halogens is 2. The lowest BCUT2D eigenvalue weighted by Gasteiger charge is -2.13. The highest BCUT2D eigenvalue weighted by Crippen LogP contribution is 2.31. The Morgan fingerprint density at radius 3 is 2.56 bits per heavy atom. The number of nitrogens with two attached hydrogens (primary N) is 1. The molecule has 3 nitrogen and oxygen atoms in total. The van der Waals surface area contributed by atoms with Gasteiger partial charge in [0.15, 0.2) is 0 Å². The fraction of sp³-hybridized carbons (Fsp3) is 0.0769. The van der Waals surface area contributed by atoms with Gasteiger partial charge < -0.3 is 15.8 Å². The molecular weight excluding hydrogens is 299 g/mol. The summed E-state index contributed by atoms with van der Waals surface area (Å²) in [4.78, 5) is 0. The standard InChI is InChI=1S/C13H12BrFN2O/c1-18-13-7-9(15)3-5-12(13)17-11-4-2-8(14)6-10(11)16/h2-7,17H,16H2,1H3. The zero-order valence-electron chi connectivity index (χ0n) is 9.71. The third-order valence-corrected chi connectivity index (χ3v) is 2.94. The van der Waals surface area contributed by atoms with Crippen LogP contribution in [0.3, 0.4) is 0 Å². The van der Waals surface area contributed by atoms with Gasteiger partial charge in [0.05, 0.1) is 24.2 Å². The molecule has 0 aliphatic heterocycles. The van der Waals surface area contributed by atoms with Crippen molar-refractivity contribution < 1.29 is 9.13 Å². The third-order valence-electron chi connectivity index (χ3n) is 2.45. The predicted octanol–water partition coefficient (Wildman–Crippen LogP) is 3.92. The maximum absolute atomic E-state index is 13.1. The average molecular weight is 311 g/mol. The smallest absolute Gasteiger partial charge is 0.145 e. The van der Waals surface area contributed by atoms with Crippen molar-refractivity contribution in [2.24, 2.45) is 0 Å². The first-order valence-electron chi connectivity index (χ1n) is 5.26. The zero-order chi connectivity index (χ0) is 13.1. The fourth-order valence-electron chi connectivity index (χ4n) is 1.56. The Bertz CT molecular complexity index is 575. The Hall–Kier alpha value is -1.75. The maximum atomic E-state index is 13.1. The molecular formula is C13H12BrFN2O. The van der Waals surface area contributed by atoms with E-state index < -0.39 is 0 Å². The first-order valence-corrected chi connectivity index (χ1v) is 6.05. The van der Waals surface area contributed by atoms with Gasteiger partial charge in [-0.25, -0.2) is 4.39 Å². The summed E-state index contributed by atoms with van der Waals surface area (Å²) in [5, 5.41) is 3.11. The molecule has 2 aromatic carbocycles. The fourth-order valence-corrected chi connectivity index (χ4v) is 1.94. The number of rotatable bonds is 3. The lowest BCUT2D eigenvalue weighted by atomic mass is 10.2. The molecule has 0 aliphatic carbocycles. The van der Waals surface area contributed by atoms with Crippen molar-refractivity contribution in [3.05, 3.63) is 46.7 Å². The van der Waals surface area contributed by atoms with Crippen LogP contribution in [0.4, 0.5) is 21.5 Å². The van der Waals surface area contributed by atoms with E-state index in [-0.39, 0.29) is 5.82 Å². The quantitative estimate of drug-likeness (QED) is 0.845. The molecule has 0 radical (unpaired) electrons. The van der Waals surface area contributed by atoms with Crippen molar-refractivity contribution in [2.75, 3.05) is 18.2 Å². The van der Waals surface area contributed by atoms with Crippen LogP contribution in [0.15, 0.2) is 40.9 Å². The van der Waals surface area contributed by atoms with Crippen molar-refractivity contribution in [1.29, 1.82) is 0 Å². The van der Waals surface area contributed by atoms with E-state index in [0.29, 0.717) is 17.1 Å². The number of hydrogen-bond acceptors (Lipinski definition) is 3. The molecule has 0 heterocycles. The van der Waals surface area contributed by atoms with Gasteiger partial charge in [-0.05, 0) is 30.3 Å². The van der Waals surface area contributed by atoms with E-state index in [1.165, 1.54) is 19.2 Å². The van der Waals surface area contributed by atoms with Gasteiger partial charge >= 0.3 is 0 Å². The Morgan fingerprint density at radius 1 is 1.17 bits per heavy atom. The van der Waals surface area contributed by atoms with Crippen LogP contribution in [-0.4, -0.2) is 7.11 Å². The largest absolute Gasteiger partial charge is 0.494 e. The Kier molecular flexibility index (Phi) is 3.72. The van der Waals surface area contributed by atoms with Crippen LogP contribution in [0, 0.1) is 5.82 Å². The molecule has 0 spiro atoms. The molecule has 5 heteroatoms. The van der Waals surface area contributed by atoms with Gasteiger partial charge in [-0.2, -0.15) is 0 Å². The van der Waals surface area contributed by atoms with Gasteiger partial charge in [0.25, 0.3) is 0 Å². The minimum absolute atomic E-state index is 0.346. The van der Waals surface area contributed by atoms with Gasteiger partial charge in [-0.1, -0.05) is 15.9 Å². The minimum atomic E-state index is -0.346. The molecule has 0 saturated carbocycles. The third kappa shape index (κ3) is 2.73. The number of hydrogen-bond donors (Lipinski definition) is 2. The molecule has 0 fully saturated rings. The minimum Gasteiger partial charge on any atom is -0.494 e. The predicted molar refractivity (Wildman–Crippen MR) is 74.8 cm³/mol. The number of nitrogens with one attached hydrogen (secondary N) is 1. The van der Waals surface area contributed by atoms with Crippen LogP contribution in [0.2, 0.25) is 0 Å². The second kappa shape index (κ2) is 5.27. The van der Waals surface area contributed by atoms with Crippen molar-refractivity contribution in [1.82, 2.24) is 0 Å². The van der Waals surface area contributed by atoms with Crippen molar-refractivity contribution in [3.63, 3.8) is 0 Å². The van der Waals surface area contributed by atoms with E-state index in [4.69, 9.17) is 10.5 Å². The van der Waals surface area contributed by atoms with Gasteiger partial charge in [0.2, 0.25) is 0 Å². The number of methoxy groups -OCH3 is 1. The highest BCUT2D eigenvalue weighted by molar-refractivity contribution is 9.10. The van der Waals surface area contributed by atoms with Crippen molar-refractivity contribution >= 4 is 33.0 Å². The van der Waals surface area contributed by atoms with Crippen LogP contribution in [0.5, 0.6) is 5.75 Å². The molecule has 18 heavy (non-hydrogen) atoms. The zero-order valence-corrected chi connectivity index (χ0v) is 11.3. The number of nitrogen functional groups attached to an aromatic ring is 1. The van der Waals surface area contributed by atoms with Crippen molar-refractivity contribution in [2.45, 2.75) is 0 Å². The first kappa shape index (κ1) is 12.7. The summed E-state index contributed by atoms with van der Waals surface area (Å²) >= 11 is 3.34. The highest BCUT2D eigenvalue weighted by Gasteiger charge is 2.06. The molecule has 0 bridgehead atoms. The van der Waals surface area contributed by atoms with Gasteiger partial charge in [-0.15, -0.1) is 0 Å². The van der Waals surface area contributed by atoms with Crippen LogP contribution >= 0.6 is 15.9 Å². The molecule has 0 aromatic heterocycles. The van der Waals surface area contributed by atoms with E-state index in [1.807, 2.05) is 12.1 Å². The molecule has 0 atom stereocenters. The molecule has 0 saturated heterocycles. The molecule has 2 aromatic rings. The normalized spacial score (nSPS) is 10.2. The summed E-state index contributed by atoms with van der Waals surface area (Å²) in [5.41, 5.74) is 7.88. The van der Waals surface area contributed by atoms with E-state index in [9.17, 15) is 4.39 Å². The monoisotopic (exact) mass is 310 g/mol. The molecule has 0 aliphatic rings. The van der Waals surface area contributed by atoms with Crippen LogP contribution < -0.4 is 15.8 Å². The second-order valence-electron chi connectivity index (χ2n) is 3.70. The van der Waals surface area contributed by atoms with Crippen LogP contribution in [0.1, 0.15) is 0 Å². The van der Waals surface area contributed by atoms with Gasteiger partial charge in [0.1, 0.15) is 11.6 Å². The summed E-state index contributed by atoms with van der Waals surface area (Å²) in [5.74, 6) is 0.0819. The highest BCUT2D eigenvalue weighted by atomic mass is 79.9. The number of ether oxygens (including phenoxy) is 1. The van der Waals surface area contributed by atoms with E-state index in [0.717, 1.165) is 10.2 Å². The topological polar surface area (TPSA) is 47.3 Å². The van der Waals surface area contributed by atoms with E-state index in [1.54, 1.807) is 12.1 Å². The molecule has 0 unspecified atom stereocenters. The molecule has 94 valence electrons. The summed E-state index contributed by atoms with van der Waals surface area (Å²) in [7, 11) is 1.49. The number of benzene rings is 2. The van der Waals surface area contributed by atoms with E-state index in [2.05, 4.69) is 21.2 Å². The molecule has 2 rings (SSSR count). The Balaban J connectivity index is 2.33. The Morgan fingerprint density at radius 2 is 1.89 bits per heavy atom. The number of anilines is 3. The molecule has 3 N–H and O–H groups in total. The lowest BCUT2D eigenvalue weighted by molar-refractivity contribution is 0.413. The summed E-state index contributed by atoms with van der Waals surface area (Å²) in [6.45, 7) is 0. The first-order chi connectivity index (χ1) is 8.60. The Labute approximate surface area is 113 Å². The summed E-state index contributed by atoms with van der Waals surface area (Å²) < 4.78 is 19.1. The van der Waals surface area contributed by atoms with Gasteiger partial charge in [-0.3, -0.25) is 0 Å².